The third-order valence-corrected chi connectivity index (χ3v) is 6.21. The van der Waals surface area contributed by atoms with Crippen LogP contribution in [-0.2, 0) is 4.84 Å². The van der Waals surface area contributed by atoms with E-state index in [1.54, 1.807) is 0 Å². The van der Waals surface area contributed by atoms with E-state index in [1.165, 1.54) is 19.3 Å². The predicted octanol–water partition coefficient (Wildman–Crippen LogP) is 5.77. The highest BCUT2D eigenvalue weighted by Crippen LogP contribution is 2.40. The van der Waals surface area contributed by atoms with Crippen LogP contribution >= 0.6 is 0 Å². The van der Waals surface area contributed by atoms with Crippen molar-refractivity contribution in [2.45, 2.75) is 57.0 Å². The minimum Gasteiger partial charge on any atom is -0.389 e. The summed E-state index contributed by atoms with van der Waals surface area (Å²) in [4.78, 5) is 18.7. The highest BCUT2D eigenvalue weighted by molar-refractivity contribution is 6.07. The number of nitrogens with zero attached hydrogens (tertiary/aromatic N) is 1. The predicted molar refractivity (Wildman–Crippen MR) is 107 cm³/mol. The molecule has 3 nitrogen and oxygen atoms in total. The molecule has 0 amide bonds. The van der Waals surface area contributed by atoms with Gasteiger partial charge in [-0.05, 0) is 67.9 Å². The largest absolute Gasteiger partial charge is 0.389 e. The Labute approximate surface area is 160 Å². The van der Waals surface area contributed by atoms with Gasteiger partial charge in [0.1, 0.15) is 5.60 Å². The summed E-state index contributed by atoms with van der Waals surface area (Å²) in [7, 11) is 0. The van der Waals surface area contributed by atoms with Crippen LogP contribution in [-0.4, -0.2) is 17.1 Å². The maximum Gasteiger partial charge on any atom is 0.165 e. The number of carbonyl (C=O) groups is 1. The molecule has 3 aliphatic rings. The lowest BCUT2D eigenvalue weighted by atomic mass is 9.80. The van der Waals surface area contributed by atoms with Gasteiger partial charge in [-0.3, -0.25) is 4.79 Å². The van der Waals surface area contributed by atoms with Crippen LogP contribution < -0.4 is 0 Å². The first kappa shape index (κ1) is 16.7. The van der Waals surface area contributed by atoms with Crippen LogP contribution in [0.1, 0.15) is 67.3 Å². The Kier molecular flexibility index (Phi) is 4.11. The smallest absolute Gasteiger partial charge is 0.165 e. The summed E-state index contributed by atoms with van der Waals surface area (Å²) >= 11 is 0. The maximum atomic E-state index is 12.8. The van der Waals surface area contributed by atoms with Gasteiger partial charge in [0.05, 0.1) is 5.71 Å². The molecule has 27 heavy (non-hydrogen) atoms. The van der Waals surface area contributed by atoms with E-state index < -0.39 is 0 Å². The summed E-state index contributed by atoms with van der Waals surface area (Å²) in [5.41, 5.74) is 4.99. The molecule has 1 spiro atoms. The minimum atomic E-state index is -0.100. The van der Waals surface area contributed by atoms with E-state index in [4.69, 9.17) is 4.84 Å². The van der Waals surface area contributed by atoms with Crippen LogP contribution in [0, 0.1) is 5.92 Å². The monoisotopic (exact) mass is 359 g/mol. The molecular formula is C24H25NO2. The first-order chi connectivity index (χ1) is 13.2. The number of benzene rings is 2. The number of carbonyl (C=O) groups excluding carboxylic acids is 1. The first-order valence-corrected chi connectivity index (χ1v) is 10.2. The lowest BCUT2D eigenvalue weighted by molar-refractivity contribution is -0.0449. The minimum absolute atomic E-state index is 0.100. The Hall–Kier alpha value is -2.42. The van der Waals surface area contributed by atoms with E-state index >= 15 is 0 Å². The van der Waals surface area contributed by atoms with E-state index in [0.717, 1.165) is 60.1 Å². The molecule has 2 saturated carbocycles. The van der Waals surface area contributed by atoms with Crippen LogP contribution in [0.25, 0.3) is 11.1 Å². The molecule has 2 aliphatic carbocycles. The SMILES string of the molecule is O=C(c1cc(C2=NOC3(CCCCC3)C2)cc(-c2ccccc2)c1)C1CC1. The molecule has 1 aliphatic heterocycles. The molecule has 0 saturated heterocycles. The third-order valence-electron chi connectivity index (χ3n) is 6.21. The van der Waals surface area contributed by atoms with Gasteiger partial charge in [0.2, 0.25) is 0 Å². The van der Waals surface area contributed by atoms with Crippen molar-refractivity contribution in [2.24, 2.45) is 11.1 Å². The van der Waals surface area contributed by atoms with Crippen molar-refractivity contribution in [2.75, 3.05) is 0 Å². The van der Waals surface area contributed by atoms with Crippen molar-refractivity contribution in [1.82, 2.24) is 0 Å². The zero-order valence-corrected chi connectivity index (χ0v) is 15.6. The third kappa shape index (κ3) is 3.31. The normalized spacial score (nSPS) is 21.0. The molecule has 0 bridgehead atoms. The lowest BCUT2D eigenvalue weighted by Gasteiger charge is -2.30. The fourth-order valence-electron chi connectivity index (χ4n) is 4.46. The molecule has 5 rings (SSSR count). The van der Waals surface area contributed by atoms with Gasteiger partial charge in [0, 0.05) is 23.5 Å². The second-order valence-electron chi connectivity index (χ2n) is 8.35. The van der Waals surface area contributed by atoms with Crippen LogP contribution in [0.15, 0.2) is 53.7 Å². The zero-order chi connectivity index (χ0) is 18.3. The number of hydrogen-bond acceptors (Lipinski definition) is 3. The molecule has 0 radical (unpaired) electrons. The average molecular weight is 359 g/mol. The van der Waals surface area contributed by atoms with Crippen molar-refractivity contribution in [3.8, 4) is 11.1 Å². The summed E-state index contributed by atoms with van der Waals surface area (Å²) in [6.45, 7) is 0. The van der Waals surface area contributed by atoms with E-state index in [-0.39, 0.29) is 17.3 Å². The van der Waals surface area contributed by atoms with Crippen LogP contribution in [0.5, 0.6) is 0 Å². The molecule has 138 valence electrons. The van der Waals surface area contributed by atoms with Gasteiger partial charge in [-0.2, -0.15) is 0 Å². The fourth-order valence-corrected chi connectivity index (χ4v) is 4.46. The molecule has 1 heterocycles. The van der Waals surface area contributed by atoms with E-state index in [0.29, 0.717) is 0 Å². The van der Waals surface area contributed by atoms with Gasteiger partial charge in [0.25, 0.3) is 0 Å². The van der Waals surface area contributed by atoms with E-state index in [9.17, 15) is 4.79 Å². The standard InChI is InChI=1S/C24H25NO2/c26-23(18-9-10-18)21-14-19(17-7-3-1-4-8-17)13-20(15-21)22-16-24(27-25-22)11-5-2-6-12-24/h1,3-4,7-8,13-15,18H,2,5-6,9-12,16H2. The van der Waals surface area contributed by atoms with Crippen LogP contribution in [0.4, 0.5) is 0 Å². The number of ketones is 1. The number of oxime groups is 1. The average Bonchev–Trinajstić information content (AvgIpc) is 3.50. The summed E-state index contributed by atoms with van der Waals surface area (Å²) < 4.78 is 0. The highest BCUT2D eigenvalue weighted by Gasteiger charge is 2.40. The van der Waals surface area contributed by atoms with Crippen molar-refractivity contribution >= 4 is 11.5 Å². The molecule has 0 N–H and O–H groups in total. The van der Waals surface area contributed by atoms with Gasteiger partial charge in [-0.1, -0.05) is 41.9 Å². The van der Waals surface area contributed by atoms with Crippen molar-refractivity contribution in [3.05, 3.63) is 59.7 Å². The molecule has 2 fully saturated rings. The summed E-state index contributed by atoms with van der Waals surface area (Å²) in [5.74, 6) is 0.497. The van der Waals surface area contributed by atoms with Gasteiger partial charge in [-0.15, -0.1) is 0 Å². The second kappa shape index (κ2) is 6.63. The van der Waals surface area contributed by atoms with Gasteiger partial charge < -0.3 is 4.84 Å². The number of hydrogen-bond donors (Lipinski definition) is 0. The number of rotatable bonds is 4. The maximum absolute atomic E-state index is 12.8. The summed E-state index contributed by atoms with van der Waals surface area (Å²) in [6.07, 6.45) is 8.83. The van der Waals surface area contributed by atoms with Crippen molar-refractivity contribution in [1.29, 1.82) is 0 Å². The summed E-state index contributed by atoms with van der Waals surface area (Å²) in [5, 5.41) is 4.48. The molecule has 0 atom stereocenters. The topological polar surface area (TPSA) is 38.7 Å². The van der Waals surface area contributed by atoms with Crippen molar-refractivity contribution in [3.63, 3.8) is 0 Å². The van der Waals surface area contributed by atoms with Gasteiger partial charge in [0.15, 0.2) is 5.78 Å². The molecular weight excluding hydrogens is 334 g/mol. The van der Waals surface area contributed by atoms with Crippen LogP contribution in [0.3, 0.4) is 0 Å². The Morgan fingerprint density at radius 2 is 1.67 bits per heavy atom. The van der Waals surface area contributed by atoms with Crippen molar-refractivity contribution < 1.29 is 9.63 Å². The van der Waals surface area contributed by atoms with Gasteiger partial charge in [-0.25, -0.2) is 0 Å². The van der Waals surface area contributed by atoms with Crippen LogP contribution in [0.2, 0.25) is 0 Å². The van der Waals surface area contributed by atoms with Gasteiger partial charge >= 0.3 is 0 Å². The van der Waals surface area contributed by atoms with E-state index in [1.807, 2.05) is 30.3 Å². The molecule has 0 unspecified atom stereocenters. The Morgan fingerprint density at radius 3 is 2.41 bits per heavy atom. The Morgan fingerprint density at radius 1 is 0.926 bits per heavy atom. The second-order valence-corrected chi connectivity index (χ2v) is 8.35. The molecule has 3 heteroatoms. The molecule has 0 aromatic heterocycles. The van der Waals surface area contributed by atoms with E-state index in [2.05, 4.69) is 23.4 Å². The molecule has 2 aromatic rings. The number of Topliss-reactive ketones (excluding diaryl/α,β-unsaturated/α-hetero) is 1. The quantitative estimate of drug-likeness (QED) is 0.650. The first-order valence-electron chi connectivity index (χ1n) is 10.2. The Bertz CT molecular complexity index is 890. The Balaban J connectivity index is 1.51. The molecule has 2 aromatic carbocycles. The highest BCUT2D eigenvalue weighted by atomic mass is 16.7. The summed E-state index contributed by atoms with van der Waals surface area (Å²) in [6, 6.07) is 16.5. The lowest BCUT2D eigenvalue weighted by Crippen LogP contribution is -2.31. The zero-order valence-electron chi connectivity index (χ0n) is 15.6. The fraction of sp³-hybridized carbons (Fsp3) is 0.417.